The first-order valence-electron chi connectivity index (χ1n) is 9.68. The third-order valence-corrected chi connectivity index (χ3v) is 5.36. The van der Waals surface area contributed by atoms with Crippen LogP contribution in [0.15, 0.2) is 48.5 Å². The summed E-state index contributed by atoms with van der Waals surface area (Å²) in [6.07, 6.45) is -3.79. The van der Waals surface area contributed by atoms with Crippen LogP contribution in [0.25, 0.3) is 0 Å². The lowest BCUT2D eigenvalue weighted by Crippen LogP contribution is -2.49. The number of amides is 2. The molecule has 160 valence electrons. The Bertz CT molecular complexity index is 930. The number of anilines is 1. The van der Waals surface area contributed by atoms with Gasteiger partial charge >= 0.3 is 6.18 Å². The first kappa shape index (κ1) is 21.8. The third kappa shape index (κ3) is 4.99. The van der Waals surface area contributed by atoms with E-state index < -0.39 is 23.7 Å². The zero-order valence-electron chi connectivity index (χ0n) is 16.9. The Kier molecular flexibility index (Phi) is 6.45. The van der Waals surface area contributed by atoms with Crippen LogP contribution in [0.5, 0.6) is 0 Å². The van der Waals surface area contributed by atoms with Crippen molar-refractivity contribution in [3.63, 3.8) is 0 Å². The molecule has 0 spiro atoms. The van der Waals surface area contributed by atoms with Crippen LogP contribution in [0.2, 0.25) is 0 Å². The number of rotatable bonds is 5. The highest BCUT2D eigenvalue weighted by molar-refractivity contribution is 5.93. The van der Waals surface area contributed by atoms with Crippen LogP contribution >= 0.6 is 0 Å². The molecular formula is C22H24F3N3O2. The number of hydrogen-bond acceptors (Lipinski definition) is 3. The van der Waals surface area contributed by atoms with Crippen molar-refractivity contribution in [2.75, 3.05) is 25.5 Å². The van der Waals surface area contributed by atoms with Crippen molar-refractivity contribution < 1.29 is 22.8 Å². The van der Waals surface area contributed by atoms with Crippen molar-refractivity contribution in [3.05, 3.63) is 65.2 Å². The van der Waals surface area contributed by atoms with Crippen molar-refractivity contribution in [3.8, 4) is 0 Å². The summed E-state index contributed by atoms with van der Waals surface area (Å²) in [6.45, 7) is 2.60. The quantitative estimate of drug-likeness (QED) is 0.807. The van der Waals surface area contributed by atoms with Crippen LogP contribution < -0.4 is 5.32 Å². The largest absolute Gasteiger partial charge is 0.418 e. The van der Waals surface area contributed by atoms with Gasteiger partial charge in [0.2, 0.25) is 11.8 Å². The van der Waals surface area contributed by atoms with Gasteiger partial charge in [-0.05, 0) is 43.7 Å². The van der Waals surface area contributed by atoms with E-state index in [1.807, 2.05) is 18.2 Å². The molecule has 0 saturated carbocycles. The summed E-state index contributed by atoms with van der Waals surface area (Å²) in [6, 6.07) is 12.2. The van der Waals surface area contributed by atoms with Gasteiger partial charge in [0.05, 0.1) is 23.8 Å². The zero-order valence-corrected chi connectivity index (χ0v) is 16.9. The summed E-state index contributed by atoms with van der Waals surface area (Å²) in [7, 11) is 1.61. The van der Waals surface area contributed by atoms with Gasteiger partial charge < -0.3 is 10.2 Å². The van der Waals surface area contributed by atoms with E-state index in [0.717, 1.165) is 18.1 Å². The lowest BCUT2D eigenvalue weighted by atomic mass is 9.99. The van der Waals surface area contributed by atoms with Crippen LogP contribution in [0.3, 0.4) is 0 Å². The van der Waals surface area contributed by atoms with E-state index in [0.29, 0.717) is 13.1 Å². The number of halogens is 3. The van der Waals surface area contributed by atoms with Gasteiger partial charge in [-0.3, -0.25) is 14.5 Å². The number of para-hydroxylation sites is 1. The van der Waals surface area contributed by atoms with Crippen LogP contribution in [0.4, 0.5) is 18.9 Å². The number of nitrogens with one attached hydrogen (secondary N) is 1. The molecule has 1 heterocycles. The molecule has 2 amide bonds. The Hall–Kier alpha value is -2.87. The van der Waals surface area contributed by atoms with E-state index in [-0.39, 0.29) is 18.1 Å². The molecule has 30 heavy (non-hydrogen) atoms. The number of alkyl halides is 3. The molecule has 0 radical (unpaired) electrons. The Morgan fingerprint density at radius 1 is 1.10 bits per heavy atom. The van der Waals surface area contributed by atoms with Gasteiger partial charge in [0.1, 0.15) is 0 Å². The molecule has 0 aliphatic carbocycles. The molecule has 0 fully saturated rings. The fourth-order valence-electron chi connectivity index (χ4n) is 3.53. The number of hydrogen-bond donors (Lipinski definition) is 1. The van der Waals surface area contributed by atoms with E-state index in [9.17, 15) is 22.8 Å². The predicted octanol–water partition coefficient (Wildman–Crippen LogP) is 3.55. The standard InChI is InChI=1S/C22H24F3N3O2/c1-15(21(30)28-12-11-16-7-3-4-8-17(16)13-28)27(2)14-20(29)26-19-10-6-5-9-18(19)22(23,24)25/h3-10,15H,11-14H2,1-2H3,(H,26,29)/t15-/m1/s1. The Balaban J connectivity index is 1.60. The Morgan fingerprint density at radius 3 is 2.43 bits per heavy atom. The Labute approximate surface area is 173 Å². The number of carbonyl (C=O) groups excluding carboxylic acids is 2. The number of fused-ring (bicyclic) bond motifs is 1. The highest BCUT2D eigenvalue weighted by Gasteiger charge is 2.34. The molecule has 1 N–H and O–H groups in total. The van der Waals surface area contributed by atoms with Crippen LogP contribution in [-0.2, 0) is 28.7 Å². The maximum absolute atomic E-state index is 13.1. The van der Waals surface area contributed by atoms with Gasteiger partial charge in [-0.1, -0.05) is 36.4 Å². The summed E-state index contributed by atoms with van der Waals surface area (Å²) in [5.41, 5.74) is 1.13. The first-order chi connectivity index (χ1) is 14.2. The minimum absolute atomic E-state index is 0.115. The minimum atomic E-state index is -4.57. The molecule has 8 heteroatoms. The molecule has 2 aromatic carbocycles. The Morgan fingerprint density at radius 2 is 1.73 bits per heavy atom. The van der Waals surface area contributed by atoms with Gasteiger partial charge in [0, 0.05) is 13.1 Å². The van der Waals surface area contributed by atoms with Crippen molar-refractivity contribution >= 4 is 17.5 Å². The lowest BCUT2D eigenvalue weighted by Gasteiger charge is -2.33. The third-order valence-electron chi connectivity index (χ3n) is 5.36. The molecule has 0 saturated heterocycles. The second kappa shape index (κ2) is 8.87. The molecule has 3 rings (SSSR count). The van der Waals surface area contributed by atoms with Gasteiger partial charge in [0.25, 0.3) is 0 Å². The molecule has 1 aliphatic rings. The lowest BCUT2D eigenvalue weighted by molar-refractivity contribution is -0.137. The fraction of sp³-hybridized carbons (Fsp3) is 0.364. The van der Waals surface area contributed by atoms with Gasteiger partial charge in [-0.2, -0.15) is 13.2 Å². The van der Waals surface area contributed by atoms with Crippen LogP contribution in [-0.4, -0.2) is 47.8 Å². The topological polar surface area (TPSA) is 52.7 Å². The molecule has 0 aromatic heterocycles. The summed E-state index contributed by atoms with van der Waals surface area (Å²) in [4.78, 5) is 28.5. The minimum Gasteiger partial charge on any atom is -0.337 e. The maximum atomic E-state index is 13.1. The van der Waals surface area contributed by atoms with E-state index >= 15 is 0 Å². The molecule has 0 unspecified atom stereocenters. The normalized spacial score (nSPS) is 14.9. The monoisotopic (exact) mass is 419 g/mol. The maximum Gasteiger partial charge on any atom is 0.418 e. The van der Waals surface area contributed by atoms with Crippen LogP contribution in [0.1, 0.15) is 23.6 Å². The van der Waals surface area contributed by atoms with Gasteiger partial charge in [0.15, 0.2) is 0 Å². The first-order valence-corrected chi connectivity index (χ1v) is 9.68. The molecule has 1 atom stereocenters. The highest BCUT2D eigenvalue weighted by atomic mass is 19.4. The second-order valence-electron chi connectivity index (χ2n) is 7.46. The van der Waals surface area contributed by atoms with Crippen molar-refractivity contribution in [1.82, 2.24) is 9.80 Å². The smallest absolute Gasteiger partial charge is 0.337 e. The summed E-state index contributed by atoms with van der Waals surface area (Å²) in [5, 5.41) is 2.31. The van der Waals surface area contributed by atoms with Crippen LogP contribution in [0, 0.1) is 0 Å². The average Bonchev–Trinajstić information content (AvgIpc) is 2.71. The molecule has 2 aromatic rings. The molecule has 5 nitrogen and oxygen atoms in total. The number of likely N-dealkylation sites (N-methyl/N-ethyl adjacent to an activating group) is 1. The van der Waals surface area contributed by atoms with Crippen molar-refractivity contribution in [2.24, 2.45) is 0 Å². The number of carbonyl (C=O) groups is 2. The molecule has 1 aliphatic heterocycles. The molecule has 0 bridgehead atoms. The number of nitrogens with zero attached hydrogens (tertiary/aromatic N) is 2. The van der Waals surface area contributed by atoms with Gasteiger partial charge in [-0.25, -0.2) is 0 Å². The predicted molar refractivity (Wildman–Crippen MR) is 108 cm³/mol. The summed E-state index contributed by atoms with van der Waals surface area (Å²) in [5.74, 6) is -0.728. The second-order valence-corrected chi connectivity index (χ2v) is 7.46. The van der Waals surface area contributed by atoms with E-state index in [1.165, 1.54) is 28.7 Å². The SMILES string of the molecule is C[C@H](C(=O)N1CCc2ccccc2C1)N(C)CC(=O)Nc1ccccc1C(F)(F)F. The van der Waals surface area contributed by atoms with Gasteiger partial charge in [-0.15, -0.1) is 0 Å². The van der Waals surface area contributed by atoms with E-state index in [1.54, 1.807) is 18.9 Å². The van der Waals surface area contributed by atoms with Crippen molar-refractivity contribution in [2.45, 2.75) is 32.1 Å². The average molecular weight is 419 g/mol. The van der Waals surface area contributed by atoms with Crippen molar-refractivity contribution in [1.29, 1.82) is 0 Å². The molecular weight excluding hydrogens is 395 g/mol. The van der Waals surface area contributed by atoms with E-state index in [4.69, 9.17) is 0 Å². The van der Waals surface area contributed by atoms with E-state index in [2.05, 4.69) is 11.4 Å². The zero-order chi connectivity index (χ0) is 21.9. The fourth-order valence-corrected chi connectivity index (χ4v) is 3.53. The summed E-state index contributed by atoms with van der Waals surface area (Å²) < 4.78 is 39.3. The number of benzene rings is 2. The highest BCUT2D eigenvalue weighted by Crippen LogP contribution is 2.34. The summed E-state index contributed by atoms with van der Waals surface area (Å²) >= 11 is 0.